The summed E-state index contributed by atoms with van der Waals surface area (Å²) in [5.41, 5.74) is 0.306. The van der Waals surface area contributed by atoms with Crippen LogP contribution in [0.2, 0.25) is 5.02 Å². The van der Waals surface area contributed by atoms with Crippen molar-refractivity contribution in [2.75, 3.05) is 33.3 Å². The van der Waals surface area contributed by atoms with Crippen LogP contribution in [-0.4, -0.2) is 46.3 Å². The van der Waals surface area contributed by atoms with Crippen molar-refractivity contribution in [1.82, 2.24) is 5.32 Å². The molecule has 2 aromatic carbocycles. The van der Waals surface area contributed by atoms with E-state index in [2.05, 4.69) is 5.32 Å². The molecule has 1 heterocycles. The molecule has 0 unspecified atom stereocenters. The number of methoxy groups -OCH3 is 4. The Balaban J connectivity index is 2.12. The SMILES string of the molecule is COc1cc(N2C(=O)NC(=O)/C(=C\c3cc(I)c(OC)c(OC)c3)C2=O)c(OC)cc1Cl. The lowest BCUT2D eigenvalue weighted by Gasteiger charge is -2.28. The highest BCUT2D eigenvalue weighted by Crippen LogP contribution is 2.39. The molecular formula is C21H18ClIN2O7. The van der Waals surface area contributed by atoms with Crippen LogP contribution in [0.15, 0.2) is 29.8 Å². The van der Waals surface area contributed by atoms with Crippen LogP contribution >= 0.6 is 34.2 Å². The Morgan fingerprint density at radius 2 is 1.56 bits per heavy atom. The molecule has 1 aliphatic rings. The van der Waals surface area contributed by atoms with Gasteiger partial charge in [0.2, 0.25) is 0 Å². The number of ether oxygens (including phenoxy) is 4. The number of hydrogen-bond acceptors (Lipinski definition) is 7. The fourth-order valence-corrected chi connectivity index (χ4v) is 4.16. The van der Waals surface area contributed by atoms with Crippen LogP contribution in [-0.2, 0) is 9.59 Å². The van der Waals surface area contributed by atoms with E-state index in [1.807, 2.05) is 22.6 Å². The van der Waals surface area contributed by atoms with Gasteiger partial charge in [-0.3, -0.25) is 14.9 Å². The predicted molar refractivity (Wildman–Crippen MR) is 126 cm³/mol. The van der Waals surface area contributed by atoms with Gasteiger partial charge in [-0.1, -0.05) is 11.6 Å². The molecule has 0 bridgehead atoms. The van der Waals surface area contributed by atoms with Gasteiger partial charge < -0.3 is 18.9 Å². The number of carbonyl (C=O) groups excluding carboxylic acids is 3. The number of amides is 4. The minimum atomic E-state index is -0.929. The van der Waals surface area contributed by atoms with Gasteiger partial charge in [-0.15, -0.1) is 0 Å². The highest BCUT2D eigenvalue weighted by Gasteiger charge is 2.38. The Bertz CT molecular complexity index is 1150. The minimum absolute atomic E-state index is 0.0662. The number of barbiturate groups is 1. The Kier molecular flexibility index (Phi) is 7.14. The van der Waals surface area contributed by atoms with Gasteiger partial charge in [0.15, 0.2) is 11.5 Å². The molecule has 1 aliphatic heterocycles. The standard InChI is InChI=1S/C21H18ClIN2O7/c1-29-15-9-14(16(30-2)8-12(15)22)25-20(27)11(19(26)24-21(25)28)5-10-6-13(23)18(32-4)17(7-10)31-3/h5-9H,1-4H3,(H,24,26,28)/b11-5+. The molecule has 4 amide bonds. The first-order chi connectivity index (χ1) is 15.2. The second-order valence-electron chi connectivity index (χ2n) is 6.35. The first-order valence-electron chi connectivity index (χ1n) is 9.00. The molecule has 1 N–H and O–H groups in total. The summed E-state index contributed by atoms with van der Waals surface area (Å²) in [5.74, 6) is -0.364. The number of benzene rings is 2. The number of nitrogens with one attached hydrogen (secondary N) is 1. The lowest BCUT2D eigenvalue weighted by Crippen LogP contribution is -2.54. The molecule has 9 nitrogen and oxygen atoms in total. The molecule has 0 saturated carbocycles. The average molecular weight is 573 g/mol. The fraction of sp³-hybridized carbons (Fsp3) is 0.190. The van der Waals surface area contributed by atoms with Crippen molar-refractivity contribution in [2.24, 2.45) is 0 Å². The first kappa shape index (κ1) is 23.7. The van der Waals surface area contributed by atoms with Crippen molar-refractivity contribution in [1.29, 1.82) is 0 Å². The van der Waals surface area contributed by atoms with Crippen LogP contribution in [0.5, 0.6) is 23.0 Å². The van der Waals surface area contributed by atoms with Crippen molar-refractivity contribution in [3.05, 3.63) is 44.0 Å². The van der Waals surface area contributed by atoms with E-state index < -0.39 is 17.8 Å². The quantitative estimate of drug-likeness (QED) is 0.320. The average Bonchev–Trinajstić information content (AvgIpc) is 2.76. The summed E-state index contributed by atoms with van der Waals surface area (Å²) in [5, 5.41) is 2.40. The Morgan fingerprint density at radius 3 is 2.16 bits per heavy atom. The van der Waals surface area contributed by atoms with Crippen molar-refractivity contribution >= 4 is 63.8 Å². The number of imide groups is 2. The Morgan fingerprint density at radius 1 is 0.906 bits per heavy atom. The van der Waals surface area contributed by atoms with Crippen molar-refractivity contribution in [3.63, 3.8) is 0 Å². The van der Waals surface area contributed by atoms with Gasteiger partial charge in [-0.25, -0.2) is 9.69 Å². The van der Waals surface area contributed by atoms with Crippen molar-refractivity contribution < 1.29 is 33.3 Å². The number of urea groups is 1. The molecule has 11 heteroatoms. The molecule has 1 saturated heterocycles. The summed E-state index contributed by atoms with van der Waals surface area (Å²) in [4.78, 5) is 39.1. The molecule has 168 valence electrons. The van der Waals surface area contributed by atoms with Gasteiger partial charge in [0.25, 0.3) is 11.8 Å². The van der Waals surface area contributed by atoms with Gasteiger partial charge in [0, 0.05) is 12.1 Å². The molecule has 2 aromatic rings. The summed E-state index contributed by atoms with van der Waals surface area (Å²) in [6, 6.07) is 5.18. The maximum absolute atomic E-state index is 13.3. The van der Waals surface area contributed by atoms with Crippen molar-refractivity contribution in [3.8, 4) is 23.0 Å². The monoisotopic (exact) mass is 572 g/mol. The summed E-state index contributed by atoms with van der Waals surface area (Å²) >= 11 is 8.17. The number of halogens is 2. The lowest BCUT2D eigenvalue weighted by atomic mass is 10.1. The van der Waals surface area contributed by atoms with Gasteiger partial charge in [0.1, 0.15) is 17.1 Å². The van der Waals surface area contributed by atoms with Gasteiger partial charge in [0.05, 0.1) is 42.7 Å². The predicted octanol–water partition coefficient (Wildman–Crippen LogP) is 3.65. The molecule has 3 rings (SSSR count). The third-order valence-electron chi connectivity index (χ3n) is 4.56. The summed E-state index contributed by atoms with van der Waals surface area (Å²) in [7, 11) is 5.74. The molecule has 0 aliphatic carbocycles. The topological polar surface area (TPSA) is 103 Å². The number of anilines is 1. The van der Waals surface area contributed by atoms with Gasteiger partial charge in [-0.05, 0) is 46.4 Å². The second-order valence-corrected chi connectivity index (χ2v) is 7.92. The third kappa shape index (κ3) is 4.32. The van der Waals surface area contributed by atoms with E-state index in [0.29, 0.717) is 20.6 Å². The summed E-state index contributed by atoms with van der Waals surface area (Å²) in [6.07, 6.45) is 1.36. The smallest absolute Gasteiger partial charge is 0.336 e. The molecule has 0 atom stereocenters. The van der Waals surface area contributed by atoms with Gasteiger partial charge >= 0.3 is 6.03 Å². The van der Waals surface area contributed by atoms with E-state index in [0.717, 1.165) is 4.90 Å². The zero-order valence-corrected chi connectivity index (χ0v) is 20.4. The highest BCUT2D eigenvalue weighted by molar-refractivity contribution is 14.1. The van der Waals surface area contributed by atoms with Crippen LogP contribution < -0.4 is 29.2 Å². The highest BCUT2D eigenvalue weighted by atomic mass is 127. The number of hydrogen-bond donors (Lipinski definition) is 1. The third-order valence-corrected chi connectivity index (χ3v) is 5.66. The Labute approximate surface area is 202 Å². The van der Waals surface area contributed by atoms with E-state index in [1.54, 1.807) is 12.1 Å². The minimum Gasteiger partial charge on any atom is -0.495 e. The van der Waals surface area contributed by atoms with Crippen LogP contribution in [0.3, 0.4) is 0 Å². The van der Waals surface area contributed by atoms with Crippen molar-refractivity contribution in [2.45, 2.75) is 0 Å². The second kappa shape index (κ2) is 9.65. The zero-order valence-electron chi connectivity index (χ0n) is 17.4. The normalized spacial score (nSPS) is 15.0. The van der Waals surface area contributed by atoms with Crippen LogP contribution in [0.25, 0.3) is 6.08 Å². The zero-order chi connectivity index (χ0) is 23.6. The number of nitrogens with zero attached hydrogens (tertiary/aromatic N) is 1. The Hall–Kier alpha value is -2.99. The van der Waals surface area contributed by atoms with E-state index in [9.17, 15) is 14.4 Å². The molecule has 1 fully saturated rings. The lowest BCUT2D eigenvalue weighted by molar-refractivity contribution is -0.122. The van der Waals surface area contributed by atoms with E-state index in [-0.39, 0.29) is 27.8 Å². The van der Waals surface area contributed by atoms with E-state index in [1.165, 1.54) is 46.6 Å². The van der Waals surface area contributed by atoms with E-state index in [4.69, 9.17) is 30.5 Å². The number of rotatable bonds is 6. The molecule has 32 heavy (non-hydrogen) atoms. The fourth-order valence-electron chi connectivity index (χ4n) is 3.08. The largest absolute Gasteiger partial charge is 0.495 e. The first-order valence-corrected chi connectivity index (χ1v) is 10.5. The summed E-state index contributed by atoms with van der Waals surface area (Å²) in [6.45, 7) is 0. The van der Waals surface area contributed by atoms with E-state index >= 15 is 0 Å². The maximum Gasteiger partial charge on any atom is 0.336 e. The molecular weight excluding hydrogens is 555 g/mol. The molecule has 0 aromatic heterocycles. The van der Waals surface area contributed by atoms with Gasteiger partial charge in [-0.2, -0.15) is 0 Å². The maximum atomic E-state index is 13.3. The molecule has 0 radical (unpaired) electrons. The van der Waals surface area contributed by atoms with Crippen LogP contribution in [0.1, 0.15) is 5.56 Å². The van der Waals surface area contributed by atoms with Crippen LogP contribution in [0.4, 0.5) is 10.5 Å². The molecule has 0 spiro atoms. The van der Waals surface area contributed by atoms with Crippen LogP contribution in [0, 0.1) is 3.57 Å². The number of carbonyl (C=O) groups is 3. The summed E-state index contributed by atoms with van der Waals surface area (Å²) < 4.78 is 21.8.